The summed E-state index contributed by atoms with van der Waals surface area (Å²) in [5, 5.41) is 13.3. The molecule has 0 aliphatic rings. The van der Waals surface area contributed by atoms with Gasteiger partial charge in [-0.2, -0.15) is 5.10 Å². The Morgan fingerprint density at radius 3 is 2.44 bits per heavy atom. The van der Waals surface area contributed by atoms with Crippen LogP contribution < -0.4 is 5.32 Å². The number of aromatic nitrogens is 7. The lowest BCUT2D eigenvalue weighted by atomic mass is 10.1. The van der Waals surface area contributed by atoms with Gasteiger partial charge in [-0.25, -0.2) is 0 Å². The Morgan fingerprint density at radius 1 is 0.667 bits per heavy atom. The largest absolute Gasteiger partial charge is 0.352 e. The van der Waals surface area contributed by atoms with Crippen LogP contribution in [0, 0.1) is 0 Å². The van der Waals surface area contributed by atoms with Crippen LogP contribution in [0.25, 0.3) is 55.6 Å². The lowest BCUT2D eigenvalue weighted by Gasteiger charge is -2.07. The second-order valence-electron chi connectivity index (χ2n) is 9.43. The van der Waals surface area contributed by atoms with E-state index in [1.165, 1.54) is 5.56 Å². The van der Waals surface area contributed by atoms with Gasteiger partial charge in [-0.05, 0) is 35.4 Å². The summed E-state index contributed by atoms with van der Waals surface area (Å²) >= 11 is 0. The molecular formula is C31H24N8. The first-order valence-corrected chi connectivity index (χ1v) is 12.7. The quantitative estimate of drug-likeness (QED) is 0.247. The van der Waals surface area contributed by atoms with Gasteiger partial charge < -0.3 is 10.3 Å². The summed E-state index contributed by atoms with van der Waals surface area (Å²) in [5.41, 5.74) is 9.74. The van der Waals surface area contributed by atoms with E-state index in [1.807, 2.05) is 55.4 Å². The first kappa shape index (κ1) is 22.9. The zero-order valence-corrected chi connectivity index (χ0v) is 21.0. The lowest BCUT2D eigenvalue weighted by molar-refractivity contribution is 0.691. The highest BCUT2D eigenvalue weighted by Crippen LogP contribution is 2.34. The molecule has 7 rings (SSSR count). The van der Waals surface area contributed by atoms with Crippen LogP contribution in [0.1, 0.15) is 11.1 Å². The lowest BCUT2D eigenvalue weighted by Crippen LogP contribution is -2.12. The van der Waals surface area contributed by atoms with Gasteiger partial charge in [-0.1, -0.05) is 36.4 Å². The number of H-pyrrole nitrogens is 2. The Labute approximate surface area is 224 Å². The molecule has 8 heteroatoms. The van der Waals surface area contributed by atoms with E-state index >= 15 is 0 Å². The van der Waals surface area contributed by atoms with Crippen LogP contribution in [0.15, 0.2) is 104 Å². The van der Waals surface area contributed by atoms with Gasteiger partial charge in [0.1, 0.15) is 5.69 Å². The molecule has 0 atom stereocenters. The van der Waals surface area contributed by atoms with Crippen LogP contribution in [0.4, 0.5) is 0 Å². The summed E-state index contributed by atoms with van der Waals surface area (Å²) in [4.78, 5) is 21.4. The fourth-order valence-electron chi connectivity index (χ4n) is 4.88. The number of pyridine rings is 4. The maximum absolute atomic E-state index is 4.69. The van der Waals surface area contributed by atoms with Crippen LogP contribution in [0.5, 0.6) is 0 Å². The SMILES string of the molecule is c1ccc(CNCc2cncc(-c3cc4c(-c5cc6c(-c7cccnc7)cncc6[nH]5)n[nH]c4cn3)c2)cc1. The Hall–Kier alpha value is -5.21. The van der Waals surface area contributed by atoms with Crippen molar-refractivity contribution in [3.05, 3.63) is 115 Å². The first-order chi connectivity index (χ1) is 19.3. The Balaban J connectivity index is 1.20. The van der Waals surface area contributed by atoms with Crippen LogP contribution in [0.2, 0.25) is 0 Å². The standard InChI is InChI=1S/C31H24N8/c1-2-5-20(6-3-1)12-33-13-21-9-23(16-34-14-21)27-11-25-30(19-36-27)38-39-31(25)28-10-24-26(17-35-18-29(24)37-28)22-7-4-8-32-15-22/h1-11,14-19,33,37H,12-13H2,(H,38,39). The van der Waals surface area contributed by atoms with Gasteiger partial charge in [0.2, 0.25) is 0 Å². The van der Waals surface area contributed by atoms with Crippen molar-refractivity contribution < 1.29 is 0 Å². The van der Waals surface area contributed by atoms with E-state index < -0.39 is 0 Å². The van der Waals surface area contributed by atoms with Crippen molar-refractivity contribution in [2.24, 2.45) is 0 Å². The van der Waals surface area contributed by atoms with E-state index in [2.05, 4.69) is 77.9 Å². The molecule has 0 aliphatic carbocycles. The summed E-state index contributed by atoms with van der Waals surface area (Å²) in [6.45, 7) is 1.52. The van der Waals surface area contributed by atoms with E-state index in [4.69, 9.17) is 4.98 Å². The van der Waals surface area contributed by atoms with Gasteiger partial charge in [-0.3, -0.25) is 25.0 Å². The number of fused-ring (bicyclic) bond motifs is 2. The Bertz CT molecular complexity index is 1890. The van der Waals surface area contributed by atoms with Crippen LogP contribution in [-0.2, 0) is 13.1 Å². The smallest absolute Gasteiger partial charge is 0.116 e. The predicted octanol–water partition coefficient (Wildman–Crippen LogP) is 5.92. The summed E-state index contributed by atoms with van der Waals surface area (Å²) in [6, 6.07) is 20.7. The van der Waals surface area contributed by atoms with Gasteiger partial charge in [-0.15, -0.1) is 0 Å². The third-order valence-corrected chi connectivity index (χ3v) is 6.81. The maximum Gasteiger partial charge on any atom is 0.116 e. The molecule has 39 heavy (non-hydrogen) atoms. The van der Waals surface area contributed by atoms with E-state index in [-0.39, 0.29) is 0 Å². The number of nitrogens with zero attached hydrogens (tertiary/aromatic N) is 5. The number of hydrogen-bond donors (Lipinski definition) is 3. The second kappa shape index (κ2) is 9.92. The minimum absolute atomic E-state index is 0.720. The van der Waals surface area contributed by atoms with Crippen molar-refractivity contribution in [1.82, 2.24) is 40.4 Å². The molecule has 7 aromatic rings. The number of benzene rings is 1. The molecule has 6 heterocycles. The minimum atomic E-state index is 0.720. The van der Waals surface area contributed by atoms with Crippen molar-refractivity contribution in [1.29, 1.82) is 0 Å². The third kappa shape index (κ3) is 4.54. The Morgan fingerprint density at radius 2 is 1.54 bits per heavy atom. The normalized spacial score (nSPS) is 11.4. The number of rotatable bonds is 7. The highest BCUT2D eigenvalue weighted by Gasteiger charge is 2.15. The molecular weight excluding hydrogens is 484 g/mol. The summed E-state index contributed by atoms with van der Waals surface area (Å²) in [6.07, 6.45) is 12.9. The van der Waals surface area contributed by atoms with Crippen molar-refractivity contribution >= 4 is 21.8 Å². The van der Waals surface area contributed by atoms with Crippen LogP contribution in [0.3, 0.4) is 0 Å². The van der Waals surface area contributed by atoms with Crippen molar-refractivity contribution in [2.75, 3.05) is 0 Å². The van der Waals surface area contributed by atoms with E-state index in [0.717, 1.165) is 74.2 Å². The van der Waals surface area contributed by atoms with Gasteiger partial charge in [0, 0.05) is 71.5 Å². The Kier molecular flexibility index (Phi) is 5.84. The monoisotopic (exact) mass is 508 g/mol. The van der Waals surface area contributed by atoms with Crippen molar-refractivity contribution in [3.63, 3.8) is 0 Å². The molecule has 0 aliphatic heterocycles. The van der Waals surface area contributed by atoms with E-state index in [1.54, 1.807) is 6.20 Å². The van der Waals surface area contributed by atoms with Crippen molar-refractivity contribution in [2.45, 2.75) is 13.1 Å². The number of nitrogens with one attached hydrogen (secondary N) is 3. The molecule has 0 bridgehead atoms. The molecule has 0 amide bonds. The molecule has 6 aromatic heterocycles. The van der Waals surface area contributed by atoms with Gasteiger partial charge in [0.05, 0.1) is 34.8 Å². The zero-order valence-electron chi connectivity index (χ0n) is 21.0. The molecule has 8 nitrogen and oxygen atoms in total. The fourth-order valence-corrected chi connectivity index (χ4v) is 4.88. The summed E-state index contributed by atoms with van der Waals surface area (Å²) in [5.74, 6) is 0. The number of hydrogen-bond acceptors (Lipinski definition) is 6. The molecule has 1 aromatic carbocycles. The summed E-state index contributed by atoms with van der Waals surface area (Å²) in [7, 11) is 0. The van der Waals surface area contributed by atoms with E-state index in [0.29, 0.717) is 0 Å². The average molecular weight is 509 g/mol. The molecule has 0 radical (unpaired) electrons. The highest BCUT2D eigenvalue weighted by molar-refractivity contribution is 6.00. The molecule has 0 saturated carbocycles. The number of aromatic amines is 2. The van der Waals surface area contributed by atoms with Crippen LogP contribution in [-0.4, -0.2) is 35.1 Å². The molecule has 0 saturated heterocycles. The zero-order chi connectivity index (χ0) is 26.0. The first-order valence-electron chi connectivity index (χ1n) is 12.7. The summed E-state index contributed by atoms with van der Waals surface area (Å²) < 4.78 is 0. The fraction of sp³-hybridized carbons (Fsp3) is 0.0645. The topological polar surface area (TPSA) is 108 Å². The van der Waals surface area contributed by atoms with E-state index in [9.17, 15) is 0 Å². The third-order valence-electron chi connectivity index (χ3n) is 6.81. The highest BCUT2D eigenvalue weighted by atomic mass is 15.1. The van der Waals surface area contributed by atoms with Crippen molar-refractivity contribution in [3.8, 4) is 33.8 Å². The second-order valence-corrected chi connectivity index (χ2v) is 9.43. The molecule has 0 unspecified atom stereocenters. The molecule has 3 N–H and O–H groups in total. The average Bonchev–Trinajstić information content (AvgIpc) is 3.62. The molecule has 0 fully saturated rings. The van der Waals surface area contributed by atoms with Gasteiger partial charge in [0.15, 0.2) is 0 Å². The van der Waals surface area contributed by atoms with Gasteiger partial charge in [0.25, 0.3) is 0 Å². The molecule has 188 valence electrons. The molecule has 0 spiro atoms. The van der Waals surface area contributed by atoms with Crippen LogP contribution >= 0.6 is 0 Å². The maximum atomic E-state index is 4.69. The van der Waals surface area contributed by atoms with Gasteiger partial charge >= 0.3 is 0 Å². The predicted molar refractivity (Wildman–Crippen MR) is 152 cm³/mol. The minimum Gasteiger partial charge on any atom is -0.352 e.